The molecule has 0 saturated carbocycles. The molecule has 18 heavy (non-hydrogen) atoms. The Balaban J connectivity index is 2.67. The number of aliphatic hydroxyl groups is 1. The van der Waals surface area contributed by atoms with E-state index in [9.17, 15) is 8.42 Å². The van der Waals surface area contributed by atoms with E-state index in [0.717, 1.165) is 10.4 Å². The number of sulfonamides is 1. The third-order valence-electron chi connectivity index (χ3n) is 2.05. The Morgan fingerprint density at radius 1 is 1.50 bits per heavy atom. The van der Waals surface area contributed by atoms with Gasteiger partial charge < -0.3 is 5.11 Å². The molecule has 0 unspecified atom stereocenters. The van der Waals surface area contributed by atoms with Gasteiger partial charge in [-0.05, 0) is 17.4 Å². The lowest BCUT2D eigenvalue weighted by Crippen LogP contribution is -2.28. The summed E-state index contributed by atoms with van der Waals surface area (Å²) >= 11 is 1.45. The Hall–Kier alpha value is -0.870. The van der Waals surface area contributed by atoms with Crippen LogP contribution in [0.4, 0.5) is 0 Å². The maximum Gasteiger partial charge on any atom is 0.212 e. The summed E-state index contributed by atoms with van der Waals surface area (Å²) in [4.78, 5) is 0.864. The van der Waals surface area contributed by atoms with Crippen molar-refractivity contribution in [2.75, 3.05) is 12.4 Å². The Morgan fingerprint density at radius 2 is 2.22 bits per heavy atom. The quantitative estimate of drug-likeness (QED) is 0.799. The maximum absolute atomic E-state index is 11.7. The lowest BCUT2D eigenvalue weighted by molar-refractivity contribution is 0.350. The van der Waals surface area contributed by atoms with E-state index in [4.69, 9.17) is 5.11 Å². The molecule has 4 nitrogen and oxygen atoms in total. The van der Waals surface area contributed by atoms with Crippen LogP contribution in [-0.2, 0) is 16.6 Å². The zero-order valence-corrected chi connectivity index (χ0v) is 12.1. The highest BCUT2D eigenvalue weighted by atomic mass is 32.2. The van der Waals surface area contributed by atoms with Crippen molar-refractivity contribution in [1.82, 2.24) is 4.72 Å². The topological polar surface area (TPSA) is 66.4 Å². The zero-order chi connectivity index (χ0) is 13.6. The van der Waals surface area contributed by atoms with Crippen LogP contribution >= 0.6 is 11.3 Å². The van der Waals surface area contributed by atoms with Crippen molar-refractivity contribution >= 4 is 21.4 Å². The molecule has 0 radical (unpaired) electrons. The van der Waals surface area contributed by atoms with Gasteiger partial charge in [0.15, 0.2) is 0 Å². The molecule has 0 aliphatic rings. The van der Waals surface area contributed by atoms with Gasteiger partial charge in [0.1, 0.15) is 6.61 Å². The molecule has 1 rings (SSSR count). The molecule has 6 heteroatoms. The SMILES string of the molecule is CC(C)CS(=O)(=O)NCc1sccc1C#CCO. The molecule has 0 aliphatic heterocycles. The summed E-state index contributed by atoms with van der Waals surface area (Å²) < 4.78 is 25.9. The number of aliphatic hydroxyl groups excluding tert-OH is 1. The van der Waals surface area contributed by atoms with Crippen LogP contribution in [0.15, 0.2) is 11.4 Å². The molecule has 0 fully saturated rings. The smallest absolute Gasteiger partial charge is 0.212 e. The Kier molecular flexibility index (Phi) is 5.82. The molecular weight excluding hydrogens is 270 g/mol. The second-order valence-electron chi connectivity index (χ2n) is 4.21. The Bertz CT molecular complexity index is 535. The summed E-state index contributed by atoms with van der Waals surface area (Å²) in [6, 6.07) is 1.82. The largest absolute Gasteiger partial charge is 0.384 e. The van der Waals surface area contributed by atoms with Crippen LogP contribution < -0.4 is 4.72 Å². The average Bonchev–Trinajstić information content (AvgIpc) is 2.69. The molecular formula is C12H17NO3S2. The fourth-order valence-corrected chi connectivity index (χ4v) is 3.62. The second-order valence-corrected chi connectivity index (χ2v) is 7.07. The third kappa shape index (κ3) is 5.19. The molecule has 1 aromatic rings. The molecule has 0 saturated heterocycles. The van der Waals surface area contributed by atoms with Crippen molar-refractivity contribution in [3.63, 3.8) is 0 Å². The van der Waals surface area contributed by atoms with Gasteiger partial charge in [0, 0.05) is 17.0 Å². The molecule has 1 aromatic heterocycles. The molecule has 1 heterocycles. The molecule has 0 aliphatic carbocycles. The standard InChI is InChI=1S/C12H17NO3S2/c1-10(2)9-18(15,16)13-8-12-11(4-3-6-14)5-7-17-12/h5,7,10,13-14H,6,8-9H2,1-2H3. The summed E-state index contributed by atoms with van der Waals surface area (Å²) in [6.45, 7) is 3.78. The first-order valence-electron chi connectivity index (χ1n) is 5.58. The third-order valence-corrected chi connectivity index (χ3v) is 4.66. The number of hydrogen-bond acceptors (Lipinski definition) is 4. The van der Waals surface area contributed by atoms with Crippen LogP contribution in [-0.4, -0.2) is 25.9 Å². The average molecular weight is 287 g/mol. The fraction of sp³-hybridized carbons (Fsp3) is 0.500. The van der Waals surface area contributed by atoms with Crippen molar-refractivity contribution in [2.24, 2.45) is 5.92 Å². The number of rotatable bonds is 5. The van der Waals surface area contributed by atoms with E-state index in [-0.39, 0.29) is 24.8 Å². The summed E-state index contributed by atoms with van der Waals surface area (Å²) in [5.74, 6) is 5.57. The van der Waals surface area contributed by atoms with Gasteiger partial charge in [0.2, 0.25) is 10.0 Å². The van der Waals surface area contributed by atoms with Crippen molar-refractivity contribution in [1.29, 1.82) is 0 Å². The first-order valence-corrected chi connectivity index (χ1v) is 8.11. The van der Waals surface area contributed by atoms with E-state index in [1.807, 2.05) is 25.3 Å². The van der Waals surface area contributed by atoms with Crippen molar-refractivity contribution in [3.05, 3.63) is 21.9 Å². The molecule has 100 valence electrons. The highest BCUT2D eigenvalue weighted by Gasteiger charge is 2.13. The summed E-state index contributed by atoms with van der Waals surface area (Å²) in [7, 11) is -3.24. The first-order chi connectivity index (χ1) is 8.44. The highest BCUT2D eigenvalue weighted by Crippen LogP contribution is 2.15. The number of nitrogens with one attached hydrogen (secondary N) is 1. The van der Waals surface area contributed by atoms with E-state index >= 15 is 0 Å². The van der Waals surface area contributed by atoms with Crippen LogP contribution in [0.3, 0.4) is 0 Å². The van der Waals surface area contributed by atoms with Gasteiger partial charge in [-0.15, -0.1) is 11.3 Å². The summed E-state index contributed by atoms with van der Waals surface area (Å²) in [5, 5.41) is 10.5. The fourth-order valence-electron chi connectivity index (χ4n) is 1.40. The molecule has 0 aromatic carbocycles. The minimum atomic E-state index is -3.24. The molecule has 0 spiro atoms. The predicted molar refractivity (Wildman–Crippen MR) is 73.7 cm³/mol. The van der Waals surface area contributed by atoms with Gasteiger partial charge in [-0.3, -0.25) is 0 Å². The Morgan fingerprint density at radius 3 is 2.83 bits per heavy atom. The van der Waals surface area contributed by atoms with E-state index in [1.165, 1.54) is 11.3 Å². The van der Waals surface area contributed by atoms with Gasteiger partial charge in [0.05, 0.1) is 5.75 Å². The number of thiophene rings is 1. The Labute approximate surface area is 112 Å². The summed E-state index contributed by atoms with van der Waals surface area (Å²) in [6.07, 6.45) is 0. The first kappa shape index (κ1) is 15.2. The lowest BCUT2D eigenvalue weighted by atomic mass is 10.2. The molecule has 2 N–H and O–H groups in total. The van der Waals surface area contributed by atoms with Gasteiger partial charge in [-0.2, -0.15) is 0 Å². The van der Waals surface area contributed by atoms with Crippen LogP contribution in [0.2, 0.25) is 0 Å². The summed E-state index contributed by atoms with van der Waals surface area (Å²) in [5.41, 5.74) is 0.765. The molecule has 0 bridgehead atoms. The van der Waals surface area contributed by atoms with E-state index in [2.05, 4.69) is 16.6 Å². The van der Waals surface area contributed by atoms with Gasteiger partial charge in [0.25, 0.3) is 0 Å². The molecule has 0 amide bonds. The minimum Gasteiger partial charge on any atom is -0.384 e. The van der Waals surface area contributed by atoms with Crippen LogP contribution in [0.25, 0.3) is 0 Å². The lowest BCUT2D eigenvalue weighted by Gasteiger charge is -2.08. The van der Waals surface area contributed by atoms with E-state index < -0.39 is 10.0 Å². The van der Waals surface area contributed by atoms with Crippen molar-refractivity contribution in [3.8, 4) is 11.8 Å². The van der Waals surface area contributed by atoms with E-state index in [1.54, 1.807) is 0 Å². The maximum atomic E-state index is 11.7. The number of hydrogen-bond donors (Lipinski definition) is 2. The van der Waals surface area contributed by atoms with Gasteiger partial charge >= 0.3 is 0 Å². The van der Waals surface area contributed by atoms with Crippen LogP contribution in [0, 0.1) is 17.8 Å². The van der Waals surface area contributed by atoms with Crippen molar-refractivity contribution in [2.45, 2.75) is 20.4 Å². The monoisotopic (exact) mass is 287 g/mol. The van der Waals surface area contributed by atoms with E-state index in [0.29, 0.717) is 0 Å². The van der Waals surface area contributed by atoms with Crippen LogP contribution in [0.5, 0.6) is 0 Å². The highest BCUT2D eigenvalue weighted by molar-refractivity contribution is 7.89. The second kappa shape index (κ2) is 6.90. The zero-order valence-electron chi connectivity index (χ0n) is 10.4. The normalized spacial score (nSPS) is 11.3. The van der Waals surface area contributed by atoms with Crippen LogP contribution in [0.1, 0.15) is 24.3 Å². The predicted octanol–water partition coefficient (Wildman–Crippen LogP) is 1.17. The van der Waals surface area contributed by atoms with Gasteiger partial charge in [-0.1, -0.05) is 25.7 Å². The van der Waals surface area contributed by atoms with Crippen molar-refractivity contribution < 1.29 is 13.5 Å². The van der Waals surface area contributed by atoms with Gasteiger partial charge in [-0.25, -0.2) is 13.1 Å². The molecule has 0 atom stereocenters. The minimum absolute atomic E-state index is 0.0967.